The number of esters is 1. The van der Waals surface area contributed by atoms with Gasteiger partial charge in [0.15, 0.2) is 12.4 Å². The van der Waals surface area contributed by atoms with E-state index in [4.69, 9.17) is 23.7 Å². The van der Waals surface area contributed by atoms with Crippen molar-refractivity contribution in [2.75, 3.05) is 6.61 Å². The van der Waals surface area contributed by atoms with E-state index in [9.17, 15) is 4.79 Å². The molecule has 0 aliphatic carbocycles. The lowest BCUT2D eigenvalue weighted by Crippen LogP contribution is -2.57. The van der Waals surface area contributed by atoms with Crippen LogP contribution < -0.4 is 0 Å². The smallest absolute Gasteiger partial charge is 0.338 e. The Morgan fingerprint density at radius 3 is 1.88 bits per heavy atom. The van der Waals surface area contributed by atoms with Crippen LogP contribution >= 0.6 is 0 Å². The Bertz CT molecular complexity index is 1030. The van der Waals surface area contributed by atoms with Gasteiger partial charge in [0.25, 0.3) is 0 Å². The van der Waals surface area contributed by atoms with Crippen molar-refractivity contribution in [1.29, 1.82) is 0 Å². The monoisotopic (exact) mass is 446 g/mol. The van der Waals surface area contributed by atoms with E-state index in [1.807, 2.05) is 66.7 Å². The number of carbonyl (C=O) groups is 1. The summed E-state index contributed by atoms with van der Waals surface area (Å²) in [4.78, 5) is 12.9. The molecule has 0 saturated carbocycles. The molecule has 5 atom stereocenters. The molecule has 3 aromatic rings. The van der Waals surface area contributed by atoms with Crippen LogP contribution in [0.5, 0.6) is 0 Å². The fourth-order valence-corrected chi connectivity index (χ4v) is 4.15. The molecule has 33 heavy (non-hydrogen) atoms. The Labute approximate surface area is 193 Å². The van der Waals surface area contributed by atoms with Crippen LogP contribution in [0.25, 0.3) is 0 Å². The number of benzene rings is 3. The Balaban J connectivity index is 1.37. The molecule has 170 valence electrons. The van der Waals surface area contributed by atoms with Crippen molar-refractivity contribution < 1.29 is 28.5 Å². The van der Waals surface area contributed by atoms with Gasteiger partial charge in [0, 0.05) is 0 Å². The topological polar surface area (TPSA) is 63.2 Å². The second kappa shape index (κ2) is 10.3. The quantitative estimate of drug-likeness (QED) is 0.485. The van der Waals surface area contributed by atoms with E-state index in [-0.39, 0.29) is 6.10 Å². The van der Waals surface area contributed by atoms with E-state index in [2.05, 4.69) is 0 Å². The molecule has 6 heteroatoms. The first-order valence-corrected chi connectivity index (χ1v) is 11.1. The van der Waals surface area contributed by atoms with Gasteiger partial charge >= 0.3 is 5.97 Å². The first kappa shape index (κ1) is 21.8. The van der Waals surface area contributed by atoms with Crippen LogP contribution in [0.4, 0.5) is 0 Å². The summed E-state index contributed by atoms with van der Waals surface area (Å²) in [5.74, 6) is -0.451. The van der Waals surface area contributed by atoms with Crippen molar-refractivity contribution in [2.24, 2.45) is 0 Å². The minimum Gasteiger partial charge on any atom is -0.450 e. The van der Waals surface area contributed by atoms with Crippen LogP contribution in [0, 0.1) is 0 Å². The molecule has 3 aromatic carbocycles. The van der Waals surface area contributed by atoms with Gasteiger partial charge in [-0.05, 0) is 23.3 Å². The van der Waals surface area contributed by atoms with Crippen molar-refractivity contribution in [3.63, 3.8) is 0 Å². The van der Waals surface area contributed by atoms with Crippen molar-refractivity contribution in [1.82, 2.24) is 0 Å². The zero-order valence-electron chi connectivity index (χ0n) is 18.1. The molecule has 0 radical (unpaired) electrons. The molecule has 5 rings (SSSR count). The first-order valence-electron chi connectivity index (χ1n) is 11.1. The van der Waals surface area contributed by atoms with Gasteiger partial charge in [0.1, 0.15) is 18.3 Å². The first-order chi connectivity index (χ1) is 16.3. The molecule has 2 aliphatic heterocycles. The van der Waals surface area contributed by atoms with Gasteiger partial charge in [-0.25, -0.2) is 4.79 Å². The predicted molar refractivity (Wildman–Crippen MR) is 120 cm³/mol. The maximum absolute atomic E-state index is 12.9. The fraction of sp³-hybridized carbons (Fsp3) is 0.296. The van der Waals surface area contributed by atoms with Crippen LogP contribution in [0.2, 0.25) is 0 Å². The van der Waals surface area contributed by atoms with E-state index >= 15 is 0 Å². The number of hydrogen-bond acceptors (Lipinski definition) is 6. The lowest BCUT2D eigenvalue weighted by atomic mass is 9.99. The fourth-order valence-electron chi connectivity index (χ4n) is 4.15. The van der Waals surface area contributed by atoms with E-state index in [0.717, 1.165) is 11.1 Å². The number of hydrogen-bond donors (Lipinski definition) is 0. The molecule has 2 saturated heterocycles. The third kappa shape index (κ3) is 5.15. The average Bonchev–Trinajstić information content (AvgIpc) is 3.31. The molecule has 0 amide bonds. The summed E-state index contributed by atoms with van der Waals surface area (Å²) in [5, 5.41) is 0. The third-order valence-corrected chi connectivity index (χ3v) is 5.84. The largest absolute Gasteiger partial charge is 0.450 e. The van der Waals surface area contributed by atoms with Crippen LogP contribution in [0.15, 0.2) is 91.0 Å². The predicted octanol–water partition coefficient (Wildman–Crippen LogP) is 4.14. The van der Waals surface area contributed by atoms with Crippen molar-refractivity contribution in [3.8, 4) is 0 Å². The lowest BCUT2D eigenvalue weighted by molar-refractivity contribution is -0.253. The standard InChI is InChI=1S/C27H26O6/c28-26(21-14-8-3-9-15-21)33-25-24(30-17-20-12-6-2-7-13-20)23(22-18-31-27(25)32-22)29-16-19-10-4-1-5-11-19/h1-15,22-25,27H,16-18H2/t22-,23+,24-,25+,27-/m0/s1. The van der Waals surface area contributed by atoms with Gasteiger partial charge < -0.3 is 23.7 Å². The molecule has 2 heterocycles. The average molecular weight is 446 g/mol. The Hall–Kier alpha value is -3.03. The highest BCUT2D eigenvalue weighted by Gasteiger charge is 2.54. The second-order valence-electron chi connectivity index (χ2n) is 8.13. The molecule has 0 unspecified atom stereocenters. The zero-order chi connectivity index (χ0) is 22.5. The summed E-state index contributed by atoms with van der Waals surface area (Å²) >= 11 is 0. The molecule has 2 aliphatic rings. The lowest BCUT2D eigenvalue weighted by Gasteiger charge is -2.40. The van der Waals surface area contributed by atoms with E-state index < -0.39 is 30.6 Å². The number of ether oxygens (including phenoxy) is 5. The van der Waals surface area contributed by atoms with Crippen LogP contribution in [0.1, 0.15) is 21.5 Å². The van der Waals surface area contributed by atoms with Gasteiger partial charge in [-0.15, -0.1) is 0 Å². The summed E-state index contributed by atoms with van der Waals surface area (Å²) in [6.07, 6.45) is -2.76. The highest BCUT2D eigenvalue weighted by atomic mass is 16.8. The SMILES string of the molecule is O=C(O[C@H]1[C@H]2OC[C@H](O2)[C@@H](OCc2ccccc2)[C@@H]1OCc1ccccc1)c1ccccc1. The third-order valence-electron chi connectivity index (χ3n) is 5.84. The van der Waals surface area contributed by atoms with Gasteiger partial charge in [-0.2, -0.15) is 0 Å². The van der Waals surface area contributed by atoms with Gasteiger partial charge in [0.05, 0.1) is 25.4 Å². The van der Waals surface area contributed by atoms with Crippen LogP contribution in [-0.2, 0) is 36.9 Å². The Morgan fingerprint density at radius 1 is 0.727 bits per heavy atom. The normalized spacial score (nSPS) is 26.1. The molecule has 2 fully saturated rings. The van der Waals surface area contributed by atoms with Crippen molar-refractivity contribution in [3.05, 3.63) is 108 Å². The van der Waals surface area contributed by atoms with Crippen molar-refractivity contribution in [2.45, 2.75) is 43.9 Å². The van der Waals surface area contributed by atoms with Gasteiger partial charge in [-0.3, -0.25) is 0 Å². The molecule has 2 bridgehead atoms. The maximum atomic E-state index is 12.9. The molecule has 0 aromatic heterocycles. The van der Waals surface area contributed by atoms with Crippen LogP contribution in [0.3, 0.4) is 0 Å². The summed E-state index contributed by atoms with van der Waals surface area (Å²) in [5.41, 5.74) is 2.52. The second-order valence-corrected chi connectivity index (χ2v) is 8.13. The van der Waals surface area contributed by atoms with E-state index in [1.165, 1.54) is 0 Å². The van der Waals surface area contributed by atoms with Crippen molar-refractivity contribution >= 4 is 5.97 Å². The van der Waals surface area contributed by atoms with Gasteiger partial charge in [-0.1, -0.05) is 78.9 Å². The number of fused-ring (bicyclic) bond motifs is 2. The molecular weight excluding hydrogens is 420 g/mol. The molecule has 0 N–H and O–H groups in total. The summed E-state index contributed by atoms with van der Waals surface area (Å²) in [6.45, 7) is 1.10. The minimum atomic E-state index is -0.763. The van der Waals surface area contributed by atoms with E-state index in [1.54, 1.807) is 24.3 Å². The maximum Gasteiger partial charge on any atom is 0.338 e. The highest BCUT2D eigenvalue weighted by molar-refractivity contribution is 5.89. The molecule has 0 spiro atoms. The molecular formula is C27H26O6. The summed E-state index contributed by atoms with van der Waals surface area (Å²) in [7, 11) is 0. The van der Waals surface area contributed by atoms with Gasteiger partial charge in [0.2, 0.25) is 0 Å². The highest BCUT2D eigenvalue weighted by Crippen LogP contribution is 2.35. The number of carbonyl (C=O) groups excluding carboxylic acids is 1. The molecule has 6 nitrogen and oxygen atoms in total. The number of rotatable bonds is 8. The minimum absolute atomic E-state index is 0.300. The zero-order valence-corrected chi connectivity index (χ0v) is 18.1. The summed E-state index contributed by atoms with van der Waals surface area (Å²) in [6, 6.07) is 28.7. The summed E-state index contributed by atoms with van der Waals surface area (Å²) < 4.78 is 30.4. The van der Waals surface area contributed by atoms with E-state index in [0.29, 0.717) is 25.4 Å². The van der Waals surface area contributed by atoms with Crippen LogP contribution in [-0.4, -0.2) is 43.3 Å². The Morgan fingerprint density at radius 2 is 1.27 bits per heavy atom. The Kier molecular flexibility index (Phi) is 6.79.